The lowest BCUT2D eigenvalue weighted by molar-refractivity contribution is 0.0527. The minimum Gasteiger partial charge on any atom is -0.462 e. The van der Waals surface area contributed by atoms with Gasteiger partial charge in [0.05, 0.1) is 17.9 Å². The molecule has 2 heterocycles. The van der Waals surface area contributed by atoms with E-state index in [4.69, 9.17) is 4.74 Å². The number of ether oxygens (including phenoxy) is 1. The van der Waals surface area contributed by atoms with Crippen LogP contribution in [0.5, 0.6) is 0 Å². The highest BCUT2D eigenvalue weighted by atomic mass is 16.5. The van der Waals surface area contributed by atoms with Crippen LogP contribution in [0.2, 0.25) is 0 Å². The minimum absolute atomic E-state index is 0.194. The molecule has 0 radical (unpaired) electrons. The van der Waals surface area contributed by atoms with Crippen LogP contribution in [0.25, 0.3) is 0 Å². The van der Waals surface area contributed by atoms with Crippen molar-refractivity contribution in [1.29, 1.82) is 0 Å². The van der Waals surface area contributed by atoms with Crippen molar-refractivity contribution < 1.29 is 14.3 Å². The molecule has 1 aromatic carbocycles. The first kappa shape index (κ1) is 19.8. The number of nitrogens with one attached hydrogen (secondary N) is 1. The van der Waals surface area contributed by atoms with Crippen LogP contribution in [0.15, 0.2) is 48.8 Å². The van der Waals surface area contributed by atoms with Gasteiger partial charge in [-0.3, -0.25) is 9.88 Å². The summed E-state index contributed by atoms with van der Waals surface area (Å²) in [6, 6.07) is 10.7. The Balaban J connectivity index is 1.59. The van der Waals surface area contributed by atoms with Gasteiger partial charge in [-0.15, -0.1) is 0 Å². The molecule has 28 heavy (non-hydrogen) atoms. The number of nitrogens with zero attached hydrogens (tertiary/aromatic N) is 3. The topological polar surface area (TPSA) is 74.8 Å². The normalized spacial score (nSPS) is 15.0. The van der Waals surface area contributed by atoms with E-state index in [9.17, 15) is 9.59 Å². The molecule has 0 spiro atoms. The predicted molar refractivity (Wildman–Crippen MR) is 107 cm³/mol. The van der Waals surface area contributed by atoms with Crippen LogP contribution < -0.4 is 5.32 Å². The Morgan fingerprint density at radius 3 is 2.75 bits per heavy atom. The van der Waals surface area contributed by atoms with Crippen LogP contribution in [0.3, 0.4) is 0 Å². The quantitative estimate of drug-likeness (QED) is 0.805. The Kier molecular flexibility index (Phi) is 6.97. The van der Waals surface area contributed by atoms with Crippen molar-refractivity contribution in [2.45, 2.75) is 19.9 Å². The van der Waals surface area contributed by atoms with Gasteiger partial charge in [-0.05, 0) is 37.1 Å². The number of esters is 1. The van der Waals surface area contributed by atoms with Crippen LogP contribution >= 0.6 is 0 Å². The van der Waals surface area contributed by atoms with Gasteiger partial charge in [0.25, 0.3) is 0 Å². The smallest absolute Gasteiger partial charge is 0.340 e. The van der Waals surface area contributed by atoms with Crippen LogP contribution in [0.4, 0.5) is 10.5 Å². The number of aromatic nitrogens is 1. The summed E-state index contributed by atoms with van der Waals surface area (Å²) in [5.74, 6) is -0.433. The molecule has 0 bridgehead atoms. The summed E-state index contributed by atoms with van der Waals surface area (Å²) in [4.78, 5) is 33.1. The van der Waals surface area contributed by atoms with E-state index in [2.05, 4.69) is 21.3 Å². The van der Waals surface area contributed by atoms with Gasteiger partial charge in [0.2, 0.25) is 0 Å². The molecular formula is C21H26N4O3. The molecule has 0 atom stereocenters. The monoisotopic (exact) mass is 382 g/mol. The van der Waals surface area contributed by atoms with Gasteiger partial charge in [-0.25, -0.2) is 9.59 Å². The minimum atomic E-state index is -0.433. The Morgan fingerprint density at radius 1 is 1.11 bits per heavy atom. The molecule has 7 heteroatoms. The number of hydrogen-bond acceptors (Lipinski definition) is 5. The van der Waals surface area contributed by atoms with Gasteiger partial charge in [0.15, 0.2) is 0 Å². The lowest BCUT2D eigenvalue weighted by Gasteiger charge is -2.22. The number of carbonyl (C=O) groups is 2. The number of pyridine rings is 1. The number of hydrogen-bond donors (Lipinski definition) is 1. The molecule has 1 saturated heterocycles. The van der Waals surface area contributed by atoms with E-state index in [1.165, 1.54) is 5.56 Å². The molecule has 2 aromatic rings. The standard InChI is InChI=1S/C21H26N4O3/c1-2-28-20(26)18-8-3-4-9-19(18)23-21(27)25-12-6-11-24(13-14-25)16-17-7-5-10-22-15-17/h3-5,7-10,15H,2,6,11-14,16H2,1H3,(H,23,27). The predicted octanol–water partition coefficient (Wildman–Crippen LogP) is 3.00. The van der Waals surface area contributed by atoms with Crippen LogP contribution in [-0.4, -0.2) is 59.6 Å². The molecule has 1 fully saturated rings. The Bertz CT molecular complexity index is 797. The van der Waals surface area contributed by atoms with Gasteiger partial charge in [-0.2, -0.15) is 0 Å². The van der Waals surface area contributed by atoms with E-state index in [0.717, 1.165) is 26.1 Å². The number of benzene rings is 1. The molecule has 0 saturated carbocycles. The van der Waals surface area contributed by atoms with Crippen molar-refractivity contribution in [3.8, 4) is 0 Å². The maximum Gasteiger partial charge on any atom is 0.340 e. The summed E-state index contributed by atoms with van der Waals surface area (Å²) in [7, 11) is 0. The second-order valence-corrected chi connectivity index (χ2v) is 6.67. The van der Waals surface area contributed by atoms with Crippen molar-refractivity contribution >= 4 is 17.7 Å². The summed E-state index contributed by atoms with van der Waals surface area (Å²) in [5, 5.41) is 2.87. The van der Waals surface area contributed by atoms with Gasteiger partial charge in [0, 0.05) is 45.1 Å². The number of anilines is 1. The summed E-state index contributed by atoms with van der Waals surface area (Å²) in [6.45, 7) is 5.91. The summed E-state index contributed by atoms with van der Waals surface area (Å²) < 4.78 is 5.07. The molecule has 1 N–H and O–H groups in total. The summed E-state index contributed by atoms with van der Waals surface area (Å²) >= 11 is 0. The van der Waals surface area contributed by atoms with Gasteiger partial charge >= 0.3 is 12.0 Å². The molecular weight excluding hydrogens is 356 g/mol. The van der Waals surface area contributed by atoms with Crippen molar-refractivity contribution in [1.82, 2.24) is 14.8 Å². The fourth-order valence-electron chi connectivity index (χ4n) is 3.26. The molecule has 1 aromatic heterocycles. The number of para-hydroxylation sites is 1. The first-order valence-corrected chi connectivity index (χ1v) is 9.60. The van der Waals surface area contributed by atoms with Crippen molar-refractivity contribution in [3.63, 3.8) is 0 Å². The number of rotatable bonds is 5. The summed E-state index contributed by atoms with van der Waals surface area (Å²) in [5.41, 5.74) is 2.01. The van der Waals surface area contributed by atoms with E-state index in [1.807, 2.05) is 12.3 Å². The molecule has 7 nitrogen and oxygen atoms in total. The third kappa shape index (κ3) is 5.29. The Morgan fingerprint density at radius 2 is 1.96 bits per heavy atom. The lowest BCUT2D eigenvalue weighted by Crippen LogP contribution is -2.38. The van der Waals surface area contributed by atoms with E-state index >= 15 is 0 Å². The molecule has 0 aliphatic carbocycles. The molecule has 0 unspecified atom stereocenters. The fourth-order valence-corrected chi connectivity index (χ4v) is 3.26. The Labute approximate surface area is 165 Å². The van der Waals surface area contributed by atoms with Crippen molar-refractivity contribution in [2.75, 3.05) is 38.1 Å². The van der Waals surface area contributed by atoms with Gasteiger partial charge in [-0.1, -0.05) is 18.2 Å². The SMILES string of the molecule is CCOC(=O)c1ccccc1NC(=O)N1CCCN(Cc2cccnc2)CC1. The molecule has 1 aliphatic heterocycles. The highest BCUT2D eigenvalue weighted by molar-refractivity contribution is 6.00. The molecule has 3 rings (SSSR count). The fraction of sp³-hybridized carbons (Fsp3) is 0.381. The highest BCUT2D eigenvalue weighted by Gasteiger charge is 2.21. The maximum atomic E-state index is 12.8. The van der Waals surface area contributed by atoms with Crippen LogP contribution in [0, 0.1) is 0 Å². The van der Waals surface area contributed by atoms with Gasteiger partial charge < -0.3 is 15.0 Å². The molecule has 1 aliphatic rings. The second kappa shape index (κ2) is 9.85. The Hall–Kier alpha value is -2.93. The van der Waals surface area contributed by atoms with E-state index in [1.54, 1.807) is 42.3 Å². The first-order chi connectivity index (χ1) is 13.7. The van der Waals surface area contributed by atoms with Crippen LogP contribution in [-0.2, 0) is 11.3 Å². The largest absolute Gasteiger partial charge is 0.462 e. The number of amides is 2. The zero-order valence-corrected chi connectivity index (χ0v) is 16.1. The number of urea groups is 1. The van der Waals surface area contributed by atoms with Gasteiger partial charge in [0.1, 0.15) is 0 Å². The zero-order valence-electron chi connectivity index (χ0n) is 16.1. The number of carbonyl (C=O) groups excluding carboxylic acids is 2. The van der Waals surface area contributed by atoms with E-state index in [0.29, 0.717) is 30.9 Å². The average Bonchev–Trinajstić information content (AvgIpc) is 2.95. The highest BCUT2D eigenvalue weighted by Crippen LogP contribution is 2.17. The zero-order chi connectivity index (χ0) is 19.8. The third-order valence-corrected chi connectivity index (χ3v) is 4.67. The van der Waals surface area contributed by atoms with Crippen LogP contribution in [0.1, 0.15) is 29.3 Å². The second-order valence-electron chi connectivity index (χ2n) is 6.67. The maximum absolute atomic E-state index is 12.8. The average molecular weight is 382 g/mol. The third-order valence-electron chi connectivity index (χ3n) is 4.67. The van der Waals surface area contributed by atoms with Crippen molar-refractivity contribution in [3.05, 3.63) is 59.9 Å². The molecule has 148 valence electrons. The summed E-state index contributed by atoms with van der Waals surface area (Å²) in [6.07, 6.45) is 4.54. The van der Waals surface area contributed by atoms with Crippen molar-refractivity contribution in [2.24, 2.45) is 0 Å². The van der Waals surface area contributed by atoms with E-state index in [-0.39, 0.29) is 6.03 Å². The van der Waals surface area contributed by atoms with E-state index < -0.39 is 5.97 Å². The lowest BCUT2D eigenvalue weighted by atomic mass is 10.2. The first-order valence-electron chi connectivity index (χ1n) is 9.60. The molecule has 2 amide bonds.